The first-order chi connectivity index (χ1) is 32.0. The van der Waals surface area contributed by atoms with Crippen LogP contribution < -0.4 is 0 Å². The summed E-state index contributed by atoms with van der Waals surface area (Å²) in [4.78, 5) is 37.9. The summed E-state index contributed by atoms with van der Waals surface area (Å²) in [6.45, 7) is 6.35. The molecule has 0 aromatic carbocycles. The fourth-order valence-electron chi connectivity index (χ4n) is 6.50. The van der Waals surface area contributed by atoms with Crippen molar-refractivity contribution in [3.8, 4) is 0 Å². The first kappa shape index (κ1) is 60.8. The average Bonchev–Trinajstić information content (AvgIpc) is 3.30. The maximum absolute atomic E-state index is 12.8. The number of hydrogen-bond acceptors (Lipinski definition) is 6. The summed E-state index contributed by atoms with van der Waals surface area (Å²) in [5, 5.41) is 0. The first-order valence-corrected chi connectivity index (χ1v) is 26.0. The number of rotatable bonds is 45. The van der Waals surface area contributed by atoms with E-state index in [-0.39, 0.29) is 37.5 Å². The van der Waals surface area contributed by atoms with Gasteiger partial charge in [-0.2, -0.15) is 0 Å². The van der Waals surface area contributed by atoms with E-state index in [0.29, 0.717) is 19.3 Å². The Kier molecular flexibility index (Phi) is 49.1. The molecule has 0 amide bonds. The molecule has 0 aromatic rings. The second-order valence-electron chi connectivity index (χ2n) is 16.7. The molecule has 0 heterocycles. The monoisotopic (exact) mass is 899 g/mol. The molecule has 0 spiro atoms. The lowest BCUT2D eigenvalue weighted by atomic mass is 10.1. The Morgan fingerprint density at radius 2 is 0.631 bits per heavy atom. The highest BCUT2D eigenvalue weighted by molar-refractivity contribution is 5.71. The average molecular weight is 899 g/mol. The van der Waals surface area contributed by atoms with E-state index in [1.165, 1.54) is 44.9 Å². The zero-order valence-electron chi connectivity index (χ0n) is 41.7. The molecular formula is C59H94O6. The largest absolute Gasteiger partial charge is 0.462 e. The fourth-order valence-corrected chi connectivity index (χ4v) is 6.50. The molecule has 0 saturated heterocycles. The topological polar surface area (TPSA) is 78.9 Å². The molecule has 366 valence electrons. The molecule has 6 heteroatoms. The van der Waals surface area contributed by atoms with Gasteiger partial charge in [-0.3, -0.25) is 14.4 Å². The van der Waals surface area contributed by atoms with Crippen LogP contribution in [0, 0.1) is 0 Å². The van der Waals surface area contributed by atoms with Gasteiger partial charge in [0.05, 0.1) is 0 Å². The molecule has 0 aliphatic carbocycles. The zero-order chi connectivity index (χ0) is 47.2. The molecule has 65 heavy (non-hydrogen) atoms. The van der Waals surface area contributed by atoms with E-state index < -0.39 is 6.10 Å². The number of carbonyl (C=O) groups is 3. The Balaban J connectivity index is 4.52. The number of unbranched alkanes of at least 4 members (excludes halogenated alkanes) is 14. The summed E-state index contributed by atoms with van der Waals surface area (Å²) < 4.78 is 16.7. The molecule has 0 bridgehead atoms. The quantitative estimate of drug-likeness (QED) is 0.0262. The van der Waals surface area contributed by atoms with Gasteiger partial charge in [0.15, 0.2) is 6.10 Å². The van der Waals surface area contributed by atoms with Gasteiger partial charge in [-0.05, 0) is 122 Å². The van der Waals surface area contributed by atoms with E-state index in [2.05, 4.69) is 142 Å². The third kappa shape index (κ3) is 50.7. The van der Waals surface area contributed by atoms with Crippen molar-refractivity contribution in [3.05, 3.63) is 122 Å². The molecule has 0 aliphatic rings. The van der Waals surface area contributed by atoms with Crippen molar-refractivity contribution in [3.63, 3.8) is 0 Å². The Morgan fingerprint density at radius 3 is 1.08 bits per heavy atom. The van der Waals surface area contributed by atoms with Crippen molar-refractivity contribution in [2.24, 2.45) is 0 Å². The number of allylic oxidation sites excluding steroid dienone is 20. The van der Waals surface area contributed by atoms with E-state index in [9.17, 15) is 14.4 Å². The third-order valence-electron chi connectivity index (χ3n) is 10.4. The summed E-state index contributed by atoms with van der Waals surface area (Å²) in [5.74, 6) is -1.02. The Morgan fingerprint density at radius 1 is 0.323 bits per heavy atom. The number of carbonyl (C=O) groups excluding carboxylic acids is 3. The summed E-state index contributed by atoms with van der Waals surface area (Å²) in [6.07, 6.45) is 71.9. The van der Waals surface area contributed by atoms with Crippen LogP contribution in [-0.2, 0) is 28.6 Å². The van der Waals surface area contributed by atoms with Gasteiger partial charge in [0.1, 0.15) is 13.2 Å². The number of esters is 3. The van der Waals surface area contributed by atoms with Crippen LogP contribution in [0.15, 0.2) is 122 Å². The Hall–Kier alpha value is -4.19. The van der Waals surface area contributed by atoms with Gasteiger partial charge in [-0.25, -0.2) is 0 Å². The maximum Gasteiger partial charge on any atom is 0.306 e. The smallest absolute Gasteiger partial charge is 0.306 e. The van der Waals surface area contributed by atoms with Crippen LogP contribution in [0.3, 0.4) is 0 Å². The van der Waals surface area contributed by atoms with Crippen LogP contribution >= 0.6 is 0 Å². The second-order valence-corrected chi connectivity index (χ2v) is 16.7. The van der Waals surface area contributed by atoms with Crippen molar-refractivity contribution in [2.75, 3.05) is 13.2 Å². The minimum Gasteiger partial charge on any atom is -0.462 e. The van der Waals surface area contributed by atoms with Crippen molar-refractivity contribution in [1.29, 1.82) is 0 Å². The molecule has 0 rings (SSSR count). The molecule has 0 N–H and O–H groups in total. The molecule has 1 atom stereocenters. The van der Waals surface area contributed by atoms with Crippen molar-refractivity contribution < 1.29 is 28.6 Å². The summed E-state index contributed by atoms with van der Waals surface area (Å²) in [7, 11) is 0. The minimum absolute atomic E-state index is 0.119. The zero-order valence-corrected chi connectivity index (χ0v) is 41.7. The standard InChI is InChI=1S/C59H94O6/c1-4-7-10-13-16-19-22-24-26-28-29-31-33-35-38-40-43-46-49-52-58(61)64-55-56(65-59(62)53-50-47-44-41-36-21-18-15-12-9-6-3)54-63-57(60)51-48-45-42-39-37-34-32-30-27-25-23-20-17-14-11-8-5-2/h7,10,15-20,24-27,29,31-32,34-35,38-39,42,56H,4-6,8-9,11-14,21-23,28,30,33,36-37,40-41,43-55H2,1-3H3/b10-7-,18-15-,19-16-,20-17-,26-24-,27-25-,31-29-,34-32-,38-35-,42-39-/t56-/m0/s1. The van der Waals surface area contributed by atoms with E-state index in [1.807, 2.05) is 0 Å². The molecule has 0 aliphatic heterocycles. The lowest BCUT2D eigenvalue weighted by molar-refractivity contribution is -0.167. The number of ether oxygens (including phenoxy) is 3. The van der Waals surface area contributed by atoms with Gasteiger partial charge in [0.2, 0.25) is 0 Å². The molecule has 0 unspecified atom stereocenters. The molecule has 0 radical (unpaired) electrons. The lowest BCUT2D eigenvalue weighted by Gasteiger charge is -2.18. The van der Waals surface area contributed by atoms with Gasteiger partial charge in [-0.15, -0.1) is 0 Å². The van der Waals surface area contributed by atoms with Gasteiger partial charge in [0, 0.05) is 19.3 Å². The van der Waals surface area contributed by atoms with Crippen molar-refractivity contribution in [2.45, 2.75) is 219 Å². The predicted octanol–water partition coefficient (Wildman–Crippen LogP) is 17.3. The van der Waals surface area contributed by atoms with E-state index in [4.69, 9.17) is 14.2 Å². The second kappa shape index (κ2) is 52.4. The Labute approximate surface area is 399 Å². The van der Waals surface area contributed by atoms with Gasteiger partial charge < -0.3 is 14.2 Å². The molecule has 6 nitrogen and oxygen atoms in total. The van der Waals surface area contributed by atoms with E-state index >= 15 is 0 Å². The summed E-state index contributed by atoms with van der Waals surface area (Å²) in [5.41, 5.74) is 0. The lowest BCUT2D eigenvalue weighted by Crippen LogP contribution is -2.30. The van der Waals surface area contributed by atoms with Crippen LogP contribution in [0.1, 0.15) is 213 Å². The number of hydrogen-bond donors (Lipinski definition) is 0. The van der Waals surface area contributed by atoms with Crippen LogP contribution in [0.4, 0.5) is 0 Å². The summed E-state index contributed by atoms with van der Waals surface area (Å²) >= 11 is 0. The highest BCUT2D eigenvalue weighted by atomic mass is 16.6. The SMILES string of the molecule is CC/C=C\C/C=C\C/C=C\C/C=C\C/C=C\CCCCCC(=O)OC[C@H](COC(=O)CCC/C=C\C/C=C\C/C=C\C/C=C\CCCCC)OC(=O)CCCCCCC/C=C\CCCC. The molecular weight excluding hydrogens is 805 g/mol. The normalized spacial score (nSPS) is 13.1. The third-order valence-corrected chi connectivity index (χ3v) is 10.4. The van der Waals surface area contributed by atoms with Crippen LogP contribution in [0.5, 0.6) is 0 Å². The van der Waals surface area contributed by atoms with Crippen LogP contribution in [-0.4, -0.2) is 37.2 Å². The Bertz CT molecular complexity index is 1400. The minimum atomic E-state index is -0.821. The first-order valence-electron chi connectivity index (χ1n) is 26.0. The molecule has 0 saturated carbocycles. The highest BCUT2D eigenvalue weighted by Crippen LogP contribution is 2.12. The van der Waals surface area contributed by atoms with Gasteiger partial charge in [0.25, 0.3) is 0 Å². The molecule has 0 aromatic heterocycles. The fraction of sp³-hybridized carbons (Fsp3) is 0.610. The van der Waals surface area contributed by atoms with Crippen LogP contribution in [0.25, 0.3) is 0 Å². The van der Waals surface area contributed by atoms with E-state index in [1.54, 1.807) is 0 Å². The summed E-state index contributed by atoms with van der Waals surface area (Å²) in [6, 6.07) is 0. The van der Waals surface area contributed by atoms with Crippen molar-refractivity contribution in [1.82, 2.24) is 0 Å². The maximum atomic E-state index is 12.8. The van der Waals surface area contributed by atoms with Gasteiger partial charge >= 0.3 is 17.9 Å². The van der Waals surface area contributed by atoms with E-state index in [0.717, 1.165) is 122 Å². The predicted molar refractivity (Wildman–Crippen MR) is 279 cm³/mol. The highest BCUT2D eigenvalue weighted by Gasteiger charge is 2.19. The van der Waals surface area contributed by atoms with Crippen molar-refractivity contribution >= 4 is 17.9 Å². The molecule has 0 fully saturated rings. The van der Waals surface area contributed by atoms with Gasteiger partial charge in [-0.1, -0.05) is 194 Å². The van der Waals surface area contributed by atoms with Crippen LogP contribution in [0.2, 0.25) is 0 Å².